The third-order valence-corrected chi connectivity index (χ3v) is 5.75. The summed E-state index contributed by atoms with van der Waals surface area (Å²) in [5.41, 5.74) is 3.17. The number of nitrogens with zero attached hydrogens (tertiary/aromatic N) is 3. The molecule has 4 aromatic carbocycles. The summed E-state index contributed by atoms with van der Waals surface area (Å²) >= 11 is 0. The van der Waals surface area contributed by atoms with Crippen LogP contribution >= 0.6 is 0 Å². The Morgan fingerprint density at radius 3 is 1.23 bits per heavy atom. The van der Waals surface area contributed by atoms with Crippen molar-refractivity contribution < 1.29 is 19.1 Å². The SMILES string of the molecule is C/C(=N\Oc1cccc(O/N=C(\C)c2ccc(Oc3ccccc3)cc2)n1)c1ccc(Oc2ccccc2)cc1. The Bertz CT molecular complexity index is 1470. The fourth-order valence-electron chi connectivity index (χ4n) is 3.61. The second-order valence-corrected chi connectivity index (χ2v) is 8.73. The fourth-order valence-corrected chi connectivity index (χ4v) is 3.61. The van der Waals surface area contributed by atoms with Crippen molar-refractivity contribution in [2.75, 3.05) is 0 Å². The van der Waals surface area contributed by atoms with Gasteiger partial charge in [0, 0.05) is 12.1 Å². The molecule has 7 nitrogen and oxygen atoms in total. The number of ether oxygens (including phenoxy) is 2. The summed E-state index contributed by atoms with van der Waals surface area (Å²) in [6, 6.07) is 39.6. The highest BCUT2D eigenvalue weighted by Crippen LogP contribution is 2.23. The van der Waals surface area contributed by atoms with Crippen LogP contribution in [0, 0.1) is 0 Å². The van der Waals surface area contributed by atoms with E-state index in [9.17, 15) is 0 Å². The molecule has 5 aromatic rings. The summed E-state index contributed by atoms with van der Waals surface area (Å²) in [4.78, 5) is 15.4. The first-order chi connectivity index (χ1) is 19.6. The van der Waals surface area contributed by atoms with Gasteiger partial charge >= 0.3 is 0 Å². The van der Waals surface area contributed by atoms with Crippen LogP contribution in [-0.4, -0.2) is 16.4 Å². The minimum Gasteiger partial charge on any atom is -0.457 e. The summed E-state index contributed by atoms with van der Waals surface area (Å²) in [6.45, 7) is 3.72. The standard InChI is InChI=1S/C33H27N3O4/c1-24(26-16-20-30(21-17-26)37-28-10-5-3-6-11-28)35-39-32-14-9-15-33(34-32)40-36-25(2)27-18-22-31(23-19-27)38-29-12-7-4-8-13-29/h3-23H,1-2H3/b35-24+,36-25+. The van der Waals surface area contributed by atoms with Crippen LogP contribution in [0.2, 0.25) is 0 Å². The van der Waals surface area contributed by atoms with Gasteiger partial charge in [-0.1, -0.05) is 52.8 Å². The van der Waals surface area contributed by atoms with Crippen LogP contribution < -0.4 is 19.1 Å². The number of oxime groups is 2. The lowest BCUT2D eigenvalue weighted by Crippen LogP contribution is -2.00. The van der Waals surface area contributed by atoms with E-state index in [0.717, 1.165) is 34.1 Å². The molecule has 0 aliphatic rings. The summed E-state index contributed by atoms with van der Waals surface area (Å²) in [7, 11) is 0. The van der Waals surface area contributed by atoms with Crippen LogP contribution in [0.1, 0.15) is 25.0 Å². The molecule has 198 valence electrons. The molecule has 0 fully saturated rings. The smallest absolute Gasteiger partial charge is 0.252 e. The van der Waals surface area contributed by atoms with Gasteiger partial charge in [-0.3, -0.25) is 0 Å². The maximum absolute atomic E-state index is 5.84. The number of pyridine rings is 1. The molecule has 0 saturated carbocycles. The Labute approximate surface area is 232 Å². The van der Waals surface area contributed by atoms with Crippen LogP contribution in [-0.2, 0) is 0 Å². The zero-order valence-corrected chi connectivity index (χ0v) is 22.1. The maximum Gasteiger partial charge on any atom is 0.252 e. The molecular formula is C33H27N3O4. The quantitative estimate of drug-likeness (QED) is 0.134. The molecule has 0 N–H and O–H groups in total. The van der Waals surface area contributed by atoms with Gasteiger partial charge in [0.1, 0.15) is 23.0 Å². The number of benzene rings is 4. The highest BCUT2D eigenvalue weighted by molar-refractivity contribution is 5.99. The lowest BCUT2D eigenvalue weighted by Gasteiger charge is -2.07. The minimum absolute atomic E-state index is 0.288. The summed E-state index contributed by atoms with van der Waals surface area (Å²) < 4.78 is 11.7. The highest BCUT2D eigenvalue weighted by atomic mass is 16.7. The molecule has 0 bridgehead atoms. The number of rotatable bonds is 10. The first-order valence-corrected chi connectivity index (χ1v) is 12.7. The van der Waals surface area contributed by atoms with Gasteiger partial charge in [0.2, 0.25) is 0 Å². The van der Waals surface area contributed by atoms with Crippen LogP contribution in [0.15, 0.2) is 138 Å². The van der Waals surface area contributed by atoms with Gasteiger partial charge in [-0.15, -0.1) is 0 Å². The van der Waals surface area contributed by atoms with Crippen molar-refractivity contribution in [2.24, 2.45) is 10.3 Å². The third kappa shape index (κ3) is 7.33. The van der Waals surface area contributed by atoms with Crippen molar-refractivity contribution in [1.82, 2.24) is 4.98 Å². The van der Waals surface area contributed by atoms with Gasteiger partial charge in [0.25, 0.3) is 11.8 Å². The predicted molar refractivity (Wildman–Crippen MR) is 156 cm³/mol. The van der Waals surface area contributed by atoms with Crippen molar-refractivity contribution in [3.63, 3.8) is 0 Å². The largest absolute Gasteiger partial charge is 0.457 e. The number of hydrogen-bond donors (Lipinski definition) is 0. The molecule has 0 atom stereocenters. The summed E-state index contributed by atoms with van der Waals surface area (Å²) in [5, 5.41) is 8.42. The average Bonchev–Trinajstić information content (AvgIpc) is 3.01. The van der Waals surface area contributed by atoms with Gasteiger partial charge in [-0.25, -0.2) is 0 Å². The van der Waals surface area contributed by atoms with Crippen LogP contribution in [0.3, 0.4) is 0 Å². The Morgan fingerprint density at radius 2 is 0.825 bits per heavy atom. The number of aromatic nitrogens is 1. The summed E-state index contributed by atoms with van der Waals surface area (Å²) in [5.74, 6) is 3.61. The monoisotopic (exact) mass is 529 g/mol. The lowest BCUT2D eigenvalue weighted by atomic mass is 10.1. The van der Waals surface area contributed by atoms with Crippen LogP contribution in [0.5, 0.6) is 34.8 Å². The summed E-state index contributed by atoms with van der Waals surface area (Å²) in [6.07, 6.45) is 0. The number of hydrogen-bond acceptors (Lipinski definition) is 7. The van der Waals surface area contributed by atoms with E-state index in [-0.39, 0.29) is 11.8 Å². The Kier molecular flexibility index (Phi) is 8.44. The highest BCUT2D eigenvalue weighted by Gasteiger charge is 2.05. The first kappa shape index (κ1) is 26.2. The van der Waals surface area contributed by atoms with Gasteiger partial charge in [-0.2, -0.15) is 4.98 Å². The lowest BCUT2D eigenvalue weighted by molar-refractivity contribution is 0.299. The van der Waals surface area contributed by atoms with Gasteiger partial charge in [-0.05, 0) is 97.8 Å². The zero-order chi connectivity index (χ0) is 27.6. The van der Waals surface area contributed by atoms with Crippen molar-refractivity contribution in [1.29, 1.82) is 0 Å². The van der Waals surface area contributed by atoms with E-state index in [4.69, 9.17) is 19.1 Å². The Balaban J connectivity index is 1.16. The van der Waals surface area contributed by atoms with E-state index in [1.165, 1.54) is 0 Å². The van der Waals surface area contributed by atoms with Crippen molar-refractivity contribution in [3.8, 4) is 34.8 Å². The first-order valence-electron chi connectivity index (χ1n) is 12.7. The second kappa shape index (κ2) is 12.9. The van der Waals surface area contributed by atoms with E-state index in [0.29, 0.717) is 11.4 Å². The fraction of sp³-hybridized carbons (Fsp3) is 0.0606. The van der Waals surface area contributed by atoms with E-state index in [1.807, 2.05) is 123 Å². The molecule has 0 unspecified atom stereocenters. The van der Waals surface area contributed by atoms with Gasteiger partial charge in [0.05, 0.1) is 11.4 Å². The minimum atomic E-state index is 0.288. The predicted octanol–water partition coefficient (Wildman–Crippen LogP) is 8.27. The van der Waals surface area contributed by atoms with E-state index in [1.54, 1.807) is 18.2 Å². The molecule has 0 aliphatic heterocycles. The maximum atomic E-state index is 5.84. The van der Waals surface area contributed by atoms with Crippen LogP contribution in [0.25, 0.3) is 0 Å². The molecule has 40 heavy (non-hydrogen) atoms. The van der Waals surface area contributed by atoms with Gasteiger partial charge < -0.3 is 19.1 Å². The van der Waals surface area contributed by atoms with E-state index >= 15 is 0 Å². The Morgan fingerprint density at radius 1 is 0.450 bits per heavy atom. The van der Waals surface area contributed by atoms with Crippen molar-refractivity contribution >= 4 is 11.4 Å². The molecule has 1 aromatic heterocycles. The van der Waals surface area contributed by atoms with Gasteiger partial charge in [0.15, 0.2) is 0 Å². The molecule has 0 aliphatic carbocycles. The second-order valence-electron chi connectivity index (χ2n) is 8.73. The molecule has 0 radical (unpaired) electrons. The Hall–Kier alpha value is -5.43. The molecule has 5 rings (SSSR count). The normalized spacial score (nSPS) is 11.6. The number of para-hydroxylation sites is 2. The average molecular weight is 530 g/mol. The molecule has 0 amide bonds. The molecule has 0 saturated heterocycles. The molecular weight excluding hydrogens is 502 g/mol. The molecule has 1 heterocycles. The zero-order valence-electron chi connectivity index (χ0n) is 22.1. The van der Waals surface area contributed by atoms with E-state index in [2.05, 4.69) is 15.3 Å². The van der Waals surface area contributed by atoms with Crippen molar-refractivity contribution in [2.45, 2.75) is 13.8 Å². The van der Waals surface area contributed by atoms with Crippen molar-refractivity contribution in [3.05, 3.63) is 139 Å². The topological polar surface area (TPSA) is 74.5 Å². The molecule has 7 heteroatoms. The van der Waals surface area contributed by atoms with Crippen LogP contribution in [0.4, 0.5) is 0 Å². The van der Waals surface area contributed by atoms with E-state index < -0.39 is 0 Å². The molecule has 0 spiro atoms. The third-order valence-electron chi connectivity index (χ3n) is 5.75.